The molecule has 1 aliphatic carbocycles. The Morgan fingerprint density at radius 2 is 1.65 bits per heavy atom. The third-order valence-corrected chi connectivity index (χ3v) is 4.10. The van der Waals surface area contributed by atoms with Gasteiger partial charge < -0.3 is 10.2 Å². The normalized spacial score (nSPS) is 19.1. The second-order valence-corrected chi connectivity index (χ2v) is 8.20. The van der Waals surface area contributed by atoms with Crippen LogP contribution in [0.3, 0.4) is 0 Å². The Balaban J connectivity index is 2.55. The summed E-state index contributed by atoms with van der Waals surface area (Å²) in [7, 11) is 0. The molecule has 0 radical (unpaired) electrons. The van der Waals surface area contributed by atoms with E-state index in [4.69, 9.17) is 0 Å². The van der Waals surface area contributed by atoms with Gasteiger partial charge in [-0.2, -0.15) is 0 Å². The van der Waals surface area contributed by atoms with Crippen LogP contribution in [0.1, 0.15) is 67.2 Å². The second kappa shape index (κ2) is 8.38. The summed E-state index contributed by atoms with van der Waals surface area (Å²) in [6.45, 7) is 19.1. The van der Waals surface area contributed by atoms with Crippen LogP contribution in [0.15, 0.2) is 0 Å². The van der Waals surface area contributed by atoms with Gasteiger partial charge in [0.25, 0.3) is 0 Å². The first kappa shape index (κ1) is 18.0. The molecule has 0 saturated heterocycles. The molecule has 0 aliphatic heterocycles. The molecule has 1 saturated carbocycles. The Morgan fingerprint density at radius 3 is 2.05 bits per heavy atom. The molecule has 0 aromatic heterocycles. The van der Waals surface area contributed by atoms with Gasteiger partial charge in [0, 0.05) is 32.2 Å². The Bertz CT molecular complexity index is 248. The first-order valence-electron chi connectivity index (χ1n) is 8.80. The van der Waals surface area contributed by atoms with Crippen molar-refractivity contribution < 1.29 is 0 Å². The monoisotopic (exact) mass is 282 g/mol. The summed E-state index contributed by atoms with van der Waals surface area (Å²) in [6, 6.07) is 0.829. The average Bonchev–Trinajstić information content (AvgIpc) is 3.08. The minimum atomic E-state index is 0.432. The molecule has 2 nitrogen and oxygen atoms in total. The highest BCUT2D eigenvalue weighted by Gasteiger charge is 2.30. The zero-order chi connectivity index (χ0) is 15.2. The quantitative estimate of drug-likeness (QED) is 0.612. The van der Waals surface area contributed by atoms with Gasteiger partial charge in [0.1, 0.15) is 0 Å². The Kier molecular flexibility index (Phi) is 7.53. The van der Waals surface area contributed by atoms with E-state index < -0.39 is 0 Å². The van der Waals surface area contributed by atoms with E-state index in [-0.39, 0.29) is 0 Å². The van der Waals surface area contributed by atoms with E-state index >= 15 is 0 Å². The Labute approximate surface area is 127 Å². The zero-order valence-corrected chi connectivity index (χ0v) is 14.8. The van der Waals surface area contributed by atoms with E-state index in [2.05, 4.69) is 51.8 Å². The largest absolute Gasteiger partial charge is 0.313 e. The van der Waals surface area contributed by atoms with Crippen LogP contribution in [0.4, 0.5) is 0 Å². The van der Waals surface area contributed by atoms with Crippen LogP contribution < -0.4 is 5.32 Å². The smallest absolute Gasteiger partial charge is 0.00684 e. The number of rotatable bonds is 11. The van der Waals surface area contributed by atoms with Gasteiger partial charge in [0.2, 0.25) is 0 Å². The van der Waals surface area contributed by atoms with Crippen LogP contribution in [0.5, 0.6) is 0 Å². The molecule has 2 heteroatoms. The maximum Gasteiger partial charge on any atom is 0.00684 e. The summed E-state index contributed by atoms with van der Waals surface area (Å²) in [6.07, 6.45) is 5.41. The van der Waals surface area contributed by atoms with Crippen LogP contribution in [0.2, 0.25) is 0 Å². The molecule has 1 N–H and O–H groups in total. The Morgan fingerprint density at radius 1 is 1.10 bits per heavy atom. The summed E-state index contributed by atoms with van der Waals surface area (Å²) in [5.41, 5.74) is 0.432. The average molecular weight is 283 g/mol. The molecule has 0 bridgehead atoms. The second-order valence-electron chi connectivity index (χ2n) is 8.20. The van der Waals surface area contributed by atoms with Crippen molar-refractivity contribution in [1.29, 1.82) is 0 Å². The molecule has 0 amide bonds. The molecule has 0 aromatic rings. The van der Waals surface area contributed by atoms with Crippen molar-refractivity contribution in [1.82, 2.24) is 10.2 Å². The minimum Gasteiger partial charge on any atom is -0.313 e. The van der Waals surface area contributed by atoms with E-state index in [1.165, 1.54) is 51.9 Å². The van der Waals surface area contributed by atoms with Gasteiger partial charge in [-0.25, -0.2) is 0 Å². The standard InChI is InChI=1S/C18H38N2/c1-7-10-18(6,13-19-17-8-9-17)14-20(11-15(2)3)12-16(4)5/h15-17,19H,7-14H2,1-6H3. The van der Waals surface area contributed by atoms with Crippen molar-refractivity contribution in [2.24, 2.45) is 17.3 Å². The molecule has 1 unspecified atom stereocenters. The highest BCUT2D eigenvalue weighted by Crippen LogP contribution is 2.27. The van der Waals surface area contributed by atoms with E-state index in [1.807, 2.05) is 0 Å². The molecule has 20 heavy (non-hydrogen) atoms. The molecule has 0 aromatic carbocycles. The molecule has 1 rings (SSSR count). The van der Waals surface area contributed by atoms with Crippen molar-refractivity contribution in [3.05, 3.63) is 0 Å². The molecule has 120 valence electrons. The highest BCUT2D eigenvalue weighted by molar-refractivity contribution is 4.87. The van der Waals surface area contributed by atoms with Gasteiger partial charge in [0.05, 0.1) is 0 Å². The SMILES string of the molecule is CCCC(C)(CNC1CC1)CN(CC(C)C)CC(C)C. The molecule has 0 spiro atoms. The fourth-order valence-electron chi connectivity index (χ4n) is 3.28. The lowest BCUT2D eigenvalue weighted by Crippen LogP contribution is -2.45. The van der Waals surface area contributed by atoms with Crippen LogP contribution in [0.25, 0.3) is 0 Å². The molecule has 1 fully saturated rings. The predicted octanol–water partition coefficient (Wildman–Crippen LogP) is 4.16. The number of nitrogens with one attached hydrogen (secondary N) is 1. The fourth-order valence-corrected chi connectivity index (χ4v) is 3.28. The first-order valence-corrected chi connectivity index (χ1v) is 8.80. The summed E-state index contributed by atoms with van der Waals surface area (Å²) in [4.78, 5) is 2.71. The molecule has 1 aliphatic rings. The summed E-state index contributed by atoms with van der Waals surface area (Å²) >= 11 is 0. The molecule has 0 heterocycles. The van der Waals surface area contributed by atoms with Crippen LogP contribution in [0, 0.1) is 17.3 Å². The third kappa shape index (κ3) is 7.64. The van der Waals surface area contributed by atoms with Gasteiger partial charge in [-0.1, -0.05) is 48.0 Å². The fraction of sp³-hybridized carbons (Fsp3) is 1.00. The molecular weight excluding hydrogens is 244 g/mol. The molecule has 1 atom stereocenters. The van der Waals surface area contributed by atoms with Gasteiger partial charge >= 0.3 is 0 Å². The number of hydrogen-bond donors (Lipinski definition) is 1. The summed E-state index contributed by atoms with van der Waals surface area (Å²) in [5.74, 6) is 1.52. The maximum atomic E-state index is 3.77. The topological polar surface area (TPSA) is 15.3 Å². The third-order valence-electron chi connectivity index (χ3n) is 4.10. The van der Waals surface area contributed by atoms with Crippen molar-refractivity contribution in [2.75, 3.05) is 26.2 Å². The lowest BCUT2D eigenvalue weighted by atomic mass is 9.84. The molecular formula is C18H38N2. The first-order chi connectivity index (χ1) is 9.34. The van der Waals surface area contributed by atoms with Crippen molar-refractivity contribution in [2.45, 2.75) is 73.3 Å². The van der Waals surface area contributed by atoms with Crippen molar-refractivity contribution in [3.63, 3.8) is 0 Å². The zero-order valence-electron chi connectivity index (χ0n) is 14.8. The lowest BCUT2D eigenvalue weighted by molar-refractivity contribution is 0.125. The predicted molar refractivity (Wildman–Crippen MR) is 90.2 cm³/mol. The Hall–Kier alpha value is -0.0800. The van der Waals surface area contributed by atoms with E-state index in [0.717, 1.165) is 17.9 Å². The van der Waals surface area contributed by atoms with Gasteiger partial charge in [-0.3, -0.25) is 0 Å². The van der Waals surface area contributed by atoms with Gasteiger partial charge in [-0.05, 0) is 36.5 Å². The van der Waals surface area contributed by atoms with E-state index in [0.29, 0.717) is 5.41 Å². The number of nitrogens with zero attached hydrogens (tertiary/aromatic N) is 1. The lowest BCUT2D eigenvalue weighted by Gasteiger charge is -2.37. The minimum absolute atomic E-state index is 0.432. The van der Waals surface area contributed by atoms with Crippen LogP contribution in [-0.4, -0.2) is 37.1 Å². The van der Waals surface area contributed by atoms with E-state index in [9.17, 15) is 0 Å². The summed E-state index contributed by atoms with van der Waals surface area (Å²) < 4.78 is 0. The number of hydrogen-bond acceptors (Lipinski definition) is 2. The maximum absolute atomic E-state index is 3.77. The highest BCUT2D eigenvalue weighted by atomic mass is 15.1. The van der Waals surface area contributed by atoms with Crippen LogP contribution >= 0.6 is 0 Å². The van der Waals surface area contributed by atoms with Gasteiger partial charge in [-0.15, -0.1) is 0 Å². The van der Waals surface area contributed by atoms with Crippen LogP contribution in [-0.2, 0) is 0 Å². The van der Waals surface area contributed by atoms with Crippen molar-refractivity contribution >= 4 is 0 Å². The summed E-state index contributed by atoms with van der Waals surface area (Å²) in [5, 5.41) is 3.77. The van der Waals surface area contributed by atoms with Crippen molar-refractivity contribution in [3.8, 4) is 0 Å². The van der Waals surface area contributed by atoms with E-state index in [1.54, 1.807) is 0 Å². The van der Waals surface area contributed by atoms with Gasteiger partial charge in [0.15, 0.2) is 0 Å².